The van der Waals surface area contributed by atoms with Crippen LogP contribution in [-0.2, 0) is 22.5 Å². The van der Waals surface area contributed by atoms with Crippen molar-refractivity contribution in [2.24, 2.45) is 5.92 Å². The summed E-state index contributed by atoms with van der Waals surface area (Å²) >= 11 is 0. The first-order valence-electron chi connectivity index (χ1n) is 17.4. The third kappa shape index (κ3) is 9.01. The van der Waals surface area contributed by atoms with E-state index < -0.39 is 8.07 Å². The van der Waals surface area contributed by atoms with E-state index >= 15 is 0 Å². The van der Waals surface area contributed by atoms with Gasteiger partial charge in [0.05, 0.1) is 47.5 Å². The van der Waals surface area contributed by atoms with Gasteiger partial charge in [0.15, 0.2) is 0 Å². The standard InChI is InChI=1S/C41H50N2O6Si/c1-29-37(23-14-30-12-9-13-33(26-30)42-41(46)32-15-17-34(47-2)18-16-32)49-38(40(29)50(4,5)36-21-19-35(48-3)20-22-36)27-39(45)43(24-25-44)28-31-10-7-6-8-11-31/h6-13,15-22,26,29,37-38,40,44H,14,23-25,27-28H2,1-5H3,(H,42,46)/t29-,37+,38-,40+/m0/s1. The Bertz CT molecular complexity index is 1700. The number of nitrogens with zero attached hydrogens (tertiary/aromatic N) is 1. The van der Waals surface area contributed by atoms with Gasteiger partial charge in [-0.1, -0.05) is 79.8 Å². The van der Waals surface area contributed by atoms with Crippen molar-refractivity contribution < 1.29 is 28.9 Å². The van der Waals surface area contributed by atoms with Gasteiger partial charge in [0.25, 0.3) is 5.91 Å². The van der Waals surface area contributed by atoms with Gasteiger partial charge >= 0.3 is 0 Å². The van der Waals surface area contributed by atoms with Gasteiger partial charge in [-0.2, -0.15) is 0 Å². The number of hydrogen-bond acceptors (Lipinski definition) is 6. The summed E-state index contributed by atoms with van der Waals surface area (Å²) in [6.45, 7) is 7.65. The average Bonchev–Trinajstić information content (AvgIpc) is 3.45. The van der Waals surface area contributed by atoms with E-state index in [1.807, 2.05) is 60.7 Å². The van der Waals surface area contributed by atoms with Crippen molar-refractivity contribution >= 4 is 30.8 Å². The molecule has 50 heavy (non-hydrogen) atoms. The van der Waals surface area contributed by atoms with Gasteiger partial charge in [-0.15, -0.1) is 0 Å². The van der Waals surface area contributed by atoms with Crippen LogP contribution < -0.4 is 20.0 Å². The van der Waals surface area contributed by atoms with Crippen LogP contribution in [-0.4, -0.2) is 69.5 Å². The lowest BCUT2D eigenvalue weighted by Gasteiger charge is -2.36. The molecule has 4 aromatic rings. The van der Waals surface area contributed by atoms with E-state index in [9.17, 15) is 14.7 Å². The number of rotatable bonds is 15. The maximum atomic E-state index is 13.9. The van der Waals surface area contributed by atoms with Crippen molar-refractivity contribution in [3.8, 4) is 11.5 Å². The highest BCUT2D eigenvalue weighted by Gasteiger charge is 2.51. The van der Waals surface area contributed by atoms with Gasteiger partial charge in [0, 0.05) is 24.3 Å². The Labute approximate surface area is 297 Å². The van der Waals surface area contributed by atoms with Crippen LogP contribution in [0.5, 0.6) is 11.5 Å². The lowest BCUT2D eigenvalue weighted by molar-refractivity contribution is -0.135. The molecule has 0 saturated carbocycles. The van der Waals surface area contributed by atoms with E-state index in [1.54, 1.807) is 43.4 Å². The number of methoxy groups -OCH3 is 2. The topological polar surface area (TPSA) is 97.3 Å². The smallest absolute Gasteiger partial charge is 0.255 e. The number of anilines is 1. The van der Waals surface area contributed by atoms with Crippen LogP contribution in [0.3, 0.4) is 0 Å². The Morgan fingerprint density at radius 2 is 1.48 bits per heavy atom. The molecule has 0 bridgehead atoms. The lowest BCUT2D eigenvalue weighted by Crippen LogP contribution is -2.51. The lowest BCUT2D eigenvalue weighted by atomic mass is 9.95. The molecule has 9 heteroatoms. The fraction of sp³-hybridized carbons (Fsp3) is 0.366. The summed E-state index contributed by atoms with van der Waals surface area (Å²) in [5.41, 5.74) is 3.61. The Morgan fingerprint density at radius 1 is 0.840 bits per heavy atom. The number of carbonyl (C=O) groups is 2. The summed E-state index contributed by atoms with van der Waals surface area (Å²) in [7, 11) is 1.10. The minimum atomic E-state index is -2.17. The highest BCUT2D eigenvalue weighted by molar-refractivity contribution is 6.91. The number of benzene rings is 4. The first-order valence-corrected chi connectivity index (χ1v) is 20.5. The highest BCUT2D eigenvalue weighted by Crippen LogP contribution is 2.46. The Morgan fingerprint density at radius 3 is 2.12 bits per heavy atom. The predicted molar refractivity (Wildman–Crippen MR) is 201 cm³/mol. The fourth-order valence-electron chi connectivity index (χ4n) is 7.42. The molecule has 5 rings (SSSR count). The molecule has 1 heterocycles. The third-order valence-electron chi connectivity index (χ3n) is 10.1. The highest BCUT2D eigenvalue weighted by atomic mass is 28.3. The first kappa shape index (κ1) is 36.8. The second kappa shape index (κ2) is 17.0. The first-order chi connectivity index (χ1) is 24.1. The Balaban J connectivity index is 1.32. The van der Waals surface area contributed by atoms with Gasteiger partial charge in [-0.25, -0.2) is 0 Å². The van der Waals surface area contributed by atoms with Crippen LogP contribution in [0, 0.1) is 5.92 Å². The molecular weight excluding hydrogens is 645 g/mol. The summed E-state index contributed by atoms with van der Waals surface area (Å²) < 4.78 is 17.6. The van der Waals surface area contributed by atoms with Gasteiger partial charge < -0.3 is 29.5 Å². The number of hydrogen-bond donors (Lipinski definition) is 2. The molecule has 1 aliphatic rings. The van der Waals surface area contributed by atoms with Crippen molar-refractivity contribution in [1.29, 1.82) is 0 Å². The normalized spacial score (nSPS) is 18.8. The van der Waals surface area contributed by atoms with Gasteiger partial charge in [-0.3, -0.25) is 9.59 Å². The van der Waals surface area contributed by atoms with Gasteiger partial charge in [0.1, 0.15) is 11.5 Å². The summed E-state index contributed by atoms with van der Waals surface area (Å²) in [6.07, 6.45) is 1.52. The van der Waals surface area contributed by atoms with Crippen molar-refractivity contribution in [3.05, 3.63) is 120 Å². The minimum Gasteiger partial charge on any atom is -0.497 e. The van der Waals surface area contributed by atoms with Crippen LogP contribution in [0.15, 0.2) is 103 Å². The molecule has 2 N–H and O–H groups in total. The molecule has 0 radical (unpaired) electrons. The molecule has 1 aliphatic heterocycles. The molecule has 264 valence electrons. The molecule has 8 nitrogen and oxygen atoms in total. The zero-order chi connectivity index (χ0) is 35.7. The molecule has 0 aromatic heterocycles. The van der Waals surface area contributed by atoms with E-state index in [0.717, 1.165) is 35.4 Å². The molecule has 2 amide bonds. The number of nitrogens with one attached hydrogen (secondary N) is 1. The zero-order valence-corrected chi connectivity index (χ0v) is 30.8. The molecular formula is C41H50N2O6Si. The van der Waals surface area contributed by atoms with Crippen molar-refractivity contribution in [2.45, 2.75) is 63.6 Å². The molecule has 1 saturated heterocycles. The SMILES string of the molecule is COc1ccc(C(=O)Nc2cccc(CC[C@H]3O[C@@H](CC(=O)N(CCO)Cc4ccccc4)[C@H]([Si](C)(C)c4ccc(OC)cc4)[C@H]3C)c2)cc1. The van der Waals surface area contributed by atoms with E-state index in [-0.39, 0.29) is 55.1 Å². The summed E-state index contributed by atoms with van der Waals surface area (Å²) in [6, 6.07) is 33.3. The van der Waals surface area contributed by atoms with Gasteiger partial charge in [-0.05, 0) is 84.0 Å². The Kier molecular flexibility index (Phi) is 12.5. The maximum absolute atomic E-state index is 13.9. The summed E-state index contributed by atoms with van der Waals surface area (Å²) in [5.74, 6) is 1.55. The van der Waals surface area contributed by atoms with Crippen LogP contribution >= 0.6 is 0 Å². The number of amides is 2. The average molecular weight is 695 g/mol. The number of aliphatic hydroxyl groups excluding tert-OH is 1. The van der Waals surface area contributed by atoms with E-state index in [0.29, 0.717) is 17.9 Å². The number of aliphatic hydroxyl groups is 1. The second-order valence-corrected chi connectivity index (χ2v) is 18.4. The fourth-order valence-corrected chi connectivity index (χ4v) is 11.5. The van der Waals surface area contributed by atoms with Crippen LogP contribution in [0.1, 0.15) is 41.3 Å². The number of carbonyl (C=O) groups excluding carboxylic acids is 2. The molecule has 4 atom stereocenters. The molecule has 4 aromatic carbocycles. The second-order valence-electron chi connectivity index (χ2n) is 13.7. The number of ether oxygens (including phenoxy) is 3. The minimum absolute atomic E-state index is 0.00872. The van der Waals surface area contributed by atoms with Crippen LogP contribution in [0.4, 0.5) is 5.69 Å². The summed E-state index contributed by atoms with van der Waals surface area (Å²) in [4.78, 5) is 28.6. The quantitative estimate of drug-likeness (QED) is 0.135. The summed E-state index contributed by atoms with van der Waals surface area (Å²) in [5, 5.41) is 14.2. The third-order valence-corrected chi connectivity index (χ3v) is 14.5. The maximum Gasteiger partial charge on any atom is 0.255 e. The largest absolute Gasteiger partial charge is 0.497 e. The van der Waals surface area contributed by atoms with Crippen molar-refractivity contribution in [1.82, 2.24) is 4.90 Å². The molecule has 0 spiro atoms. The van der Waals surface area contributed by atoms with E-state index in [1.165, 1.54) is 5.19 Å². The van der Waals surface area contributed by atoms with Gasteiger partial charge in [0.2, 0.25) is 5.91 Å². The predicted octanol–water partition coefficient (Wildman–Crippen LogP) is 6.69. The monoisotopic (exact) mass is 694 g/mol. The number of aryl methyl sites for hydroxylation is 1. The van der Waals surface area contributed by atoms with Crippen molar-refractivity contribution in [2.75, 3.05) is 32.7 Å². The molecule has 1 fully saturated rings. The van der Waals surface area contributed by atoms with Crippen LogP contribution in [0.2, 0.25) is 18.6 Å². The van der Waals surface area contributed by atoms with Crippen molar-refractivity contribution in [3.63, 3.8) is 0 Å². The zero-order valence-electron chi connectivity index (χ0n) is 29.8. The molecule has 0 unspecified atom stereocenters. The Hall–Kier alpha value is -4.44. The van der Waals surface area contributed by atoms with E-state index in [4.69, 9.17) is 14.2 Å². The molecule has 0 aliphatic carbocycles. The van der Waals surface area contributed by atoms with Crippen LogP contribution in [0.25, 0.3) is 0 Å². The van der Waals surface area contributed by atoms with E-state index in [2.05, 4.69) is 43.5 Å².